The van der Waals surface area contributed by atoms with E-state index in [0.717, 1.165) is 35.2 Å². The quantitative estimate of drug-likeness (QED) is 0.250. The lowest BCUT2D eigenvalue weighted by molar-refractivity contribution is -0.119. The van der Waals surface area contributed by atoms with Gasteiger partial charge in [-0.2, -0.15) is 0 Å². The van der Waals surface area contributed by atoms with Gasteiger partial charge in [0, 0.05) is 54.2 Å². The van der Waals surface area contributed by atoms with Crippen LogP contribution in [0.5, 0.6) is 0 Å². The van der Waals surface area contributed by atoms with Crippen molar-refractivity contribution in [1.82, 2.24) is 9.88 Å². The van der Waals surface area contributed by atoms with Gasteiger partial charge in [-0.15, -0.1) is 6.42 Å². The molecular weight excluding hydrogens is 504 g/mol. The molecule has 0 bridgehead atoms. The van der Waals surface area contributed by atoms with Crippen LogP contribution in [0.25, 0.3) is 5.69 Å². The van der Waals surface area contributed by atoms with E-state index in [-0.39, 0.29) is 17.7 Å². The number of Topliss-reactive ketones (excluding diaryl/α,β-unsaturated/α-hetero) is 1. The van der Waals surface area contributed by atoms with Gasteiger partial charge in [0.05, 0.1) is 0 Å². The van der Waals surface area contributed by atoms with Gasteiger partial charge >= 0.3 is 0 Å². The predicted molar refractivity (Wildman–Crippen MR) is 168 cm³/mol. The molecule has 4 rings (SSSR count). The van der Waals surface area contributed by atoms with Crippen LogP contribution in [0.2, 0.25) is 0 Å². The zero-order valence-corrected chi connectivity index (χ0v) is 24.4. The molecule has 1 aromatic heterocycles. The topological polar surface area (TPSA) is 51.1 Å². The number of rotatable bonds is 8. The van der Waals surface area contributed by atoms with E-state index in [1.54, 1.807) is 13.8 Å². The first-order valence-corrected chi connectivity index (χ1v) is 13.9. The molecule has 0 saturated carbocycles. The first kappa shape index (κ1) is 30.7. The first-order chi connectivity index (χ1) is 19.7. The van der Waals surface area contributed by atoms with Crippen LogP contribution in [0.15, 0.2) is 97.3 Å². The van der Waals surface area contributed by atoms with Crippen molar-refractivity contribution in [2.75, 3.05) is 0 Å². The maximum absolute atomic E-state index is 11.1. The lowest BCUT2D eigenvalue weighted by atomic mass is 9.96. The summed E-state index contributed by atoms with van der Waals surface area (Å²) in [7, 11) is 0. The SMILES string of the molecule is C#Cc1ccc(CC(C)CC(C)=O)cc1.CC(=O)NC(C)Cc1ccc(C#Cc2ccc(-n3cccc3)cc2)cc1. The largest absolute Gasteiger partial charge is 0.354 e. The van der Waals surface area contributed by atoms with Crippen LogP contribution in [0.4, 0.5) is 0 Å². The highest BCUT2D eigenvalue weighted by Crippen LogP contribution is 2.13. The molecule has 0 radical (unpaired) electrons. The number of hydrogen-bond donors (Lipinski definition) is 1. The molecule has 1 N–H and O–H groups in total. The molecule has 0 fully saturated rings. The fraction of sp³-hybridized carbons (Fsp3) is 0.243. The van der Waals surface area contributed by atoms with Gasteiger partial charge in [-0.25, -0.2) is 0 Å². The van der Waals surface area contributed by atoms with Crippen LogP contribution in [0, 0.1) is 30.1 Å². The summed E-state index contributed by atoms with van der Waals surface area (Å²) in [5.74, 6) is 9.65. The van der Waals surface area contributed by atoms with E-state index in [9.17, 15) is 9.59 Å². The zero-order chi connectivity index (χ0) is 29.6. The number of benzene rings is 3. The molecule has 4 heteroatoms. The summed E-state index contributed by atoms with van der Waals surface area (Å²) in [6.45, 7) is 7.28. The van der Waals surface area contributed by atoms with Gasteiger partial charge < -0.3 is 14.7 Å². The number of terminal acetylenes is 1. The predicted octanol–water partition coefficient (Wildman–Crippen LogP) is 6.77. The molecule has 3 aromatic carbocycles. The van der Waals surface area contributed by atoms with Gasteiger partial charge in [-0.3, -0.25) is 4.79 Å². The van der Waals surface area contributed by atoms with Crippen molar-refractivity contribution in [2.45, 2.75) is 53.0 Å². The standard InChI is InChI=1S/C23H22N2O.C14H16O/c1-18(24-19(2)26)17-22-9-7-20(8-10-22)5-6-21-11-13-23(14-12-21)25-15-3-4-16-25;1-4-13-5-7-14(8-6-13)10-11(2)9-12(3)15/h3-4,7-16,18H,17H2,1-2H3,(H,24,26);1,5-8,11H,9-10H2,2-3H3. The van der Waals surface area contributed by atoms with Crippen LogP contribution in [0.3, 0.4) is 0 Å². The number of nitrogens with one attached hydrogen (secondary N) is 1. The smallest absolute Gasteiger partial charge is 0.217 e. The number of hydrogen-bond acceptors (Lipinski definition) is 2. The highest BCUT2D eigenvalue weighted by Gasteiger charge is 2.06. The van der Waals surface area contributed by atoms with Gasteiger partial charge in [0.15, 0.2) is 0 Å². The molecule has 0 aliphatic heterocycles. The fourth-order valence-electron chi connectivity index (χ4n) is 4.55. The minimum absolute atomic E-state index is 0.00257. The van der Waals surface area contributed by atoms with E-state index in [0.29, 0.717) is 12.3 Å². The van der Waals surface area contributed by atoms with Crippen molar-refractivity contribution in [2.24, 2.45) is 5.92 Å². The fourth-order valence-corrected chi connectivity index (χ4v) is 4.55. The Morgan fingerprint density at radius 1 is 0.756 bits per heavy atom. The molecule has 208 valence electrons. The zero-order valence-electron chi connectivity index (χ0n) is 24.4. The summed E-state index contributed by atoms with van der Waals surface area (Å²) in [5.41, 5.74) is 6.42. The average Bonchev–Trinajstić information content (AvgIpc) is 3.48. The van der Waals surface area contributed by atoms with Crippen molar-refractivity contribution in [3.8, 4) is 29.9 Å². The Kier molecular flexibility index (Phi) is 11.8. The highest BCUT2D eigenvalue weighted by molar-refractivity contribution is 5.75. The second-order valence-electron chi connectivity index (χ2n) is 10.4. The Morgan fingerprint density at radius 3 is 1.73 bits per heavy atom. The molecule has 41 heavy (non-hydrogen) atoms. The van der Waals surface area contributed by atoms with Crippen LogP contribution < -0.4 is 5.32 Å². The lowest BCUT2D eigenvalue weighted by Gasteiger charge is -2.12. The number of aromatic nitrogens is 1. The number of carbonyl (C=O) groups is 2. The Hall–Kier alpha value is -4.80. The second-order valence-corrected chi connectivity index (χ2v) is 10.4. The summed E-state index contributed by atoms with van der Waals surface area (Å²) in [6, 6.07) is 28.5. The molecule has 1 heterocycles. The van der Waals surface area contributed by atoms with Crippen LogP contribution in [-0.4, -0.2) is 22.3 Å². The third-order valence-electron chi connectivity index (χ3n) is 6.41. The Bertz CT molecular complexity index is 1500. The minimum Gasteiger partial charge on any atom is -0.354 e. The van der Waals surface area contributed by atoms with Gasteiger partial charge in [0.2, 0.25) is 5.91 Å². The number of carbonyl (C=O) groups excluding carboxylic acids is 2. The molecule has 4 aromatic rings. The highest BCUT2D eigenvalue weighted by atomic mass is 16.1. The number of amides is 1. The van der Waals surface area contributed by atoms with Crippen molar-refractivity contribution < 1.29 is 9.59 Å². The molecule has 0 aliphatic rings. The van der Waals surface area contributed by atoms with E-state index < -0.39 is 0 Å². The van der Waals surface area contributed by atoms with E-state index in [4.69, 9.17) is 6.42 Å². The molecule has 0 spiro atoms. The minimum atomic E-state index is 0.00257. The molecule has 1 amide bonds. The maximum atomic E-state index is 11.1. The van der Waals surface area contributed by atoms with E-state index in [2.05, 4.69) is 58.8 Å². The summed E-state index contributed by atoms with van der Waals surface area (Å²) < 4.78 is 2.07. The van der Waals surface area contributed by atoms with E-state index >= 15 is 0 Å². The van der Waals surface area contributed by atoms with Crippen molar-refractivity contribution >= 4 is 11.7 Å². The molecule has 2 atom stereocenters. The maximum Gasteiger partial charge on any atom is 0.217 e. The van der Waals surface area contributed by atoms with Gasteiger partial charge in [-0.1, -0.05) is 49.0 Å². The normalized spacial score (nSPS) is 11.5. The summed E-state index contributed by atoms with van der Waals surface area (Å²) in [6.07, 6.45) is 11.7. The second kappa shape index (κ2) is 15.7. The molecular formula is C37H38N2O2. The van der Waals surface area contributed by atoms with E-state index in [1.807, 2.05) is 80.0 Å². The van der Waals surface area contributed by atoms with Crippen molar-refractivity contribution in [3.05, 3.63) is 125 Å². The van der Waals surface area contributed by atoms with Crippen molar-refractivity contribution in [3.63, 3.8) is 0 Å². The van der Waals surface area contributed by atoms with Gasteiger partial charge in [0.1, 0.15) is 5.78 Å². The Balaban J connectivity index is 0.000000263. The third-order valence-corrected chi connectivity index (χ3v) is 6.41. The third kappa shape index (κ3) is 11.1. The number of ketones is 1. The Labute approximate surface area is 244 Å². The van der Waals surface area contributed by atoms with Gasteiger partial charge in [0.25, 0.3) is 0 Å². The summed E-state index contributed by atoms with van der Waals surface area (Å²) in [5, 5.41) is 2.90. The monoisotopic (exact) mass is 542 g/mol. The molecule has 0 saturated heterocycles. The summed E-state index contributed by atoms with van der Waals surface area (Å²) in [4.78, 5) is 22.0. The van der Waals surface area contributed by atoms with E-state index in [1.165, 1.54) is 11.1 Å². The Morgan fingerprint density at radius 2 is 1.24 bits per heavy atom. The lowest BCUT2D eigenvalue weighted by Crippen LogP contribution is -2.31. The average molecular weight is 543 g/mol. The van der Waals surface area contributed by atoms with Crippen LogP contribution in [0.1, 0.15) is 61.9 Å². The molecule has 2 unspecified atom stereocenters. The van der Waals surface area contributed by atoms with Crippen LogP contribution >= 0.6 is 0 Å². The van der Waals surface area contributed by atoms with Crippen LogP contribution in [-0.2, 0) is 22.4 Å². The summed E-state index contributed by atoms with van der Waals surface area (Å²) >= 11 is 0. The van der Waals surface area contributed by atoms with Gasteiger partial charge in [-0.05, 0) is 104 Å². The molecule has 0 aliphatic carbocycles. The first-order valence-electron chi connectivity index (χ1n) is 13.9. The number of nitrogens with zero attached hydrogens (tertiary/aromatic N) is 1. The van der Waals surface area contributed by atoms with Crippen molar-refractivity contribution in [1.29, 1.82) is 0 Å². The molecule has 4 nitrogen and oxygen atoms in total.